The van der Waals surface area contributed by atoms with Crippen molar-refractivity contribution in [1.82, 2.24) is 0 Å². The molecule has 1 N–H and O–H groups in total. The highest BCUT2D eigenvalue weighted by molar-refractivity contribution is 7.10. The molecule has 0 aliphatic heterocycles. The third-order valence-corrected chi connectivity index (χ3v) is 3.89. The lowest BCUT2D eigenvalue weighted by atomic mass is 10.1. The van der Waals surface area contributed by atoms with E-state index in [0.29, 0.717) is 0 Å². The van der Waals surface area contributed by atoms with E-state index in [9.17, 15) is 5.11 Å². The van der Waals surface area contributed by atoms with Crippen LogP contribution in [0, 0.1) is 0 Å². The molecule has 3 heteroatoms. The van der Waals surface area contributed by atoms with Crippen molar-refractivity contribution < 1.29 is 9.84 Å². The fourth-order valence-corrected chi connectivity index (χ4v) is 2.72. The molecular weight excluding hydrogens is 268 g/mol. The molecule has 0 aliphatic carbocycles. The predicted molar refractivity (Wildman–Crippen MR) is 81.3 cm³/mol. The van der Waals surface area contributed by atoms with E-state index in [1.165, 1.54) is 0 Å². The molecule has 0 saturated carbocycles. The Labute approximate surface area is 121 Å². The molecule has 1 unspecified atom stereocenters. The Balaban J connectivity index is 1.83. The zero-order valence-corrected chi connectivity index (χ0v) is 11.6. The van der Waals surface area contributed by atoms with Crippen LogP contribution in [0.15, 0.2) is 72.1 Å². The Hall–Kier alpha value is -2.10. The van der Waals surface area contributed by atoms with E-state index >= 15 is 0 Å². The molecule has 100 valence electrons. The first-order valence-corrected chi connectivity index (χ1v) is 7.25. The molecule has 0 saturated heterocycles. The molecule has 1 aromatic heterocycles. The number of aliphatic hydroxyl groups is 1. The van der Waals surface area contributed by atoms with Crippen LogP contribution < -0.4 is 4.74 Å². The number of hydrogen-bond donors (Lipinski definition) is 1. The Morgan fingerprint density at radius 3 is 2.40 bits per heavy atom. The molecule has 0 amide bonds. The van der Waals surface area contributed by atoms with Gasteiger partial charge in [-0.15, -0.1) is 11.3 Å². The van der Waals surface area contributed by atoms with Crippen LogP contribution >= 0.6 is 11.3 Å². The largest absolute Gasteiger partial charge is 0.457 e. The molecular formula is C17H14O2S. The number of benzene rings is 2. The number of ether oxygens (including phenoxy) is 1. The summed E-state index contributed by atoms with van der Waals surface area (Å²) in [5.41, 5.74) is 0.834. The molecule has 0 aliphatic rings. The van der Waals surface area contributed by atoms with Gasteiger partial charge in [0.15, 0.2) is 0 Å². The van der Waals surface area contributed by atoms with Gasteiger partial charge in [0, 0.05) is 4.88 Å². The van der Waals surface area contributed by atoms with Gasteiger partial charge in [-0.05, 0) is 41.3 Å². The summed E-state index contributed by atoms with van der Waals surface area (Å²) >= 11 is 1.54. The van der Waals surface area contributed by atoms with Gasteiger partial charge in [-0.1, -0.05) is 36.4 Å². The second kappa shape index (κ2) is 5.90. The summed E-state index contributed by atoms with van der Waals surface area (Å²) in [6, 6.07) is 21.0. The molecule has 20 heavy (non-hydrogen) atoms. The molecule has 0 bridgehead atoms. The van der Waals surface area contributed by atoms with Crippen molar-refractivity contribution >= 4 is 11.3 Å². The van der Waals surface area contributed by atoms with Crippen molar-refractivity contribution in [2.75, 3.05) is 0 Å². The number of thiophene rings is 1. The van der Waals surface area contributed by atoms with Crippen LogP contribution in [0.4, 0.5) is 0 Å². The van der Waals surface area contributed by atoms with Crippen LogP contribution in [0.3, 0.4) is 0 Å². The summed E-state index contributed by atoms with van der Waals surface area (Å²) in [6.07, 6.45) is -0.602. The van der Waals surface area contributed by atoms with E-state index in [2.05, 4.69) is 0 Å². The van der Waals surface area contributed by atoms with Crippen molar-refractivity contribution in [2.45, 2.75) is 6.10 Å². The van der Waals surface area contributed by atoms with Crippen molar-refractivity contribution in [3.8, 4) is 11.5 Å². The van der Waals surface area contributed by atoms with Gasteiger partial charge in [0.05, 0.1) is 0 Å². The van der Waals surface area contributed by atoms with E-state index in [1.54, 1.807) is 11.3 Å². The zero-order chi connectivity index (χ0) is 13.8. The minimum atomic E-state index is -0.602. The van der Waals surface area contributed by atoms with Gasteiger partial charge in [-0.2, -0.15) is 0 Å². The number of aliphatic hydroxyl groups excluding tert-OH is 1. The maximum Gasteiger partial charge on any atom is 0.127 e. The molecule has 0 spiro atoms. The second-order valence-electron chi connectivity index (χ2n) is 4.41. The van der Waals surface area contributed by atoms with Gasteiger partial charge in [0.1, 0.15) is 17.6 Å². The smallest absolute Gasteiger partial charge is 0.127 e. The van der Waals surface area contributed by atoms with Crippen LogP contribution in [-0.2, 0) is 0 Å². The third-order valence-electron chi connectivity index (χ3n) is 2.97. The minimum Gasteiger partial charge on any atom is -0.457 e. The van der Waals surface area contributed by atoms with Crippen LogP contribution in [0.1, 0.15) is 16.5 Å². The third kappa shape index (κ3) is 2.90. The van der Waals surface area contributed by atoms with E-state index < -0.39 is 6.10 Å². The molecule has 1 heterocycles. The van der Waals surface area contributed by atoms with Crippen molar-refractivity contribution in [3.05, 3.63) is 82.6 Å². The van der Waals surface area contributed by atoms with E-state index in [0.717, 1.165) is 21.9 Å². The minimum absolute atomic E-state index is 0.602. The second-order valence-corrected chi connectivity index (χ2v) is 5.38. The monoisotopic (exact) mass is 282 g/mol. The van der Waals surface area contributed by atoms with E-state index in [4.69, 9.17) is 4.74 Å². The summed E-state index contributed by atoms with van der Waals surface area (Å²) in [7, 11) is 0. The molecule has 2 nitrogen and oxygen atoms in total. The molecule has 1 atom stereocenters. The quantitative estimate of drug-likeness (QED) is 0.756. The van der Waals surface area contributed by atoms with Crippen LogP contribution in [-0.4, -0.2) is 5.11 Å². The highest BCUT2D eigenvalue weighted by Crippen LogP contribution is 2.29. The van der Waals surface area contributed by atoms with E-state index in [1.807, 2.05) is 72.1 Å². The topological polar surface area (TPSA) is 29.5 Å². The standard InChI is InChI=1S/C17H14O2S/c18-17(16-10-5-11-20-16)13-6-4-9-15(12-13)19-14-7-2-1-3-8-14/h1-12,17-18H. The van der Waals surface area contributed by atoms with Crippen molar-refractivity contribution in [2.24, 2.45) is 0 Å². The molecule has 3 rings (SSSR count). The summed E-state index contributed by atoms with van der Waals surface area (Å²) in [5.74, 6) is 1.51. The fourth-order valence-electron chi connectivity index (χ4n) is 1.98. The van der Waals surface area contributed by atoms with Crippen molar-refractivity contribution in [1.29, 1.82) is 0 Å². The maximum absolute atomic E-state index is 10.3. The number of rotatable bonds is 4. The van der Waals surface area contributed by atoms with E-state index in [-0.39, 0.29) is 0 Å². The Bertz CT molecular complexity index is 662. The van der Waals surface area contributed by atoms with Crippen LogP contribution in [0.25, 0.3) is 0 Å². The molecule has 3 aromatic rings. The number of para-hydroxylation sites is 1. The van der Waals surface area contributed by atoms with Gasteiger partial charge < -0.3 is 9.84 Å². The van der Waals surface area contributed by atoms with Gasteiger partial charge in [0.2, 0.25) is 0 Å². The lowest BCUT2D eigenvalue weighted by molar-refractivity contribution is 0.224. The summed E-state index contributed by atoms with van der Waals surface area (Å²) in [6.45, 7) is 0. The predicted octanol–water partition coefficient (Wildman–Crippen LogP) is 4.62. The summed E-state index contributed by atoms with van der Waals surface area (Å²) in [4.78, 5) is 0.932. The van der Waals surface area contributed by atoms with Gasteiger partial charge in [-0.25, -0.2) is 0 Å². The molecule has 0 radical (unpaired) electrons. The summed E-state index contributed by atoms with van der Waals surface area (Å²) < 4.78 is 5.78. The Kier molecular flexibility index (Phi) is 3.81. The highest BCUT2D eigenvalue weighted by atomic mass is 32.1. The zero-order valence-electron chi connectivity index (χ0n) is 10.8. The molecule has 2 aromatic carbocycles. The first-order valence-electron chi connectivity index (χ1n) is 6.37. The molecule has 0 fully saturated rings. The Morgan fingerprint density at radius 1 is 0.850 bits per heavy atom. The van der Waals surface area contributed by atoms with Crippen LogP contribution in [0.5, 0.6) is 11.5 Å². The lowest BCUT2D eigenvalue weighted by Gasteiger charge is -2.11. The van der Waals surface area contributed by atoms with Crippen LogP contribution in [0.2, 0.25) is 0 Å². The van der Waals surface area contributed by atoms with Gasteiger partial charge >= 0.3 is 0 Å². The lowest BCUT2D eigenvalue weighted by Crippen LogP contribution is -1.97. The fraction of sp³-hybridized carbons (Fsp3) is 0.0588. The summed E-state index contributed by atoms with van der Waals surface area (Å²) in [5, 5.41) is 12.3. The first-order chi connectivity index (χ1) is 9.83. The van der Waals surface area contributed by atoms with Gasteiger partial charge in [0.25, 0.3) is 0 Å². The Morgan fingerprint density at radius 2 is 1.65 bits per heavy atom. The first kappa shape index (κ1) is 12.9. The maximum atomic E-state index is 10.3. The average Bonchev–Trinajstić information content (AvgIpc) is 3.02. The SMILES string of the molecule is OC(c1cccc(Oc2ccccc2)c1)c1cccs1. The van der Waals surface area contributed by atoms with Crippen molar-refractivity contribution in [3.63, 3.8) is 0 Å². The normalized spacial score (nSPS) is 12.1. The average molecular weight is 282 g/mol. The highest BCUT2D eigenvalue weighted by Gasteiger charge is 2.12. The van der Waals surface area contributed by atoms with Gasteiger partial charge in [-0.3, -0.25) is 0 Å². The number of hydrogen-bond acceptors (Lipinski definition) is 3.